The highest BCUT2D eigenvalue weighted by molar-refractivity contribution is 5.77. The highest BCUT2D eigenvalue weighted by Crippen LogP contribution is 2.08. The zero-order valence-corrected chi connectivity index (χ0v) is 12.7. The summed E-state index contributed by atoms with van der Waals surface area (Å²) in [6.07, 6.45) is 3.66. The number of nitrogens with one attached hydrogen (secondary N) is 1. The molecule has 0 bridgehead atoms. The summed E-state index contributed by atoms with van der Waals surface area (Å²) in [6, 6.07) is 5.86. The van der Waals surface area contributed by atoms with Gasteiger partial charge in [-0.1, -0.05) is 0 Å². The Hall–Kier alpha value is -2.08. The number of furan rings is 1. The van der Waals surface area contributed by atoms with Gasteiger partial charge in [0.25, 0.3) is 0 Å². The maximum Gasteiger partial charge on any atom is 0.236 e. The van der Waals surface area contributed by atoms with E-state index in [1.165, 1.54) is 0 Å². The van der Waals surface area contributed by atoms with Crippen LogP contribution in [0.3, 0.4) is 0 Å². The molecule has 0 spiro atoms. The van der Waals surface area contributed by atoms with Gasteiger partial charge in [-0.2, -0.15) is 5.10 Å². The molecule has 21 heavy (non-hydrogen) atoms. The predicted molar refractivity (Wildman–Crippen MR) is 79.6 cm³/mol. The number of carbonyl (C=O) groups is 1. The van der Waals surface area contributed by atoms with E-state index in [-0.39, 0.29) is 11.9 Å². The molecular weight excluding hydrogens is 268 g/mol. The lowest BCUT2D eigenvalue weighted by Gasteiger charge is -2.18. The third-order valence-electron chi connectivity index (χ3n) is 3.24. The summed E-state index contributed by atoms with van der Waals surface area (Å²) < 4.78 is 7.32. The quantitative estimate of drug-likeness (QED) is 0.837. The van der Waals surface area contributed by atoms with Crippen molar-refractivity contribution in [1.29, 1.82) is 0 Å². The monoisotopic (exact) mass is 290 g/mol. The van der Waals surface area contributed by atoms with Gasteiger partial charge >= 0.3 is 0 Å². The Balaban J connectivity index is 1.73. The van der Waals surface area contributed by atoms with Crippen molar-refractivity contribution in [3.8, 4) is 0 Å². The maximum absolute atomic E-state index is 12.1. The Kier molecular flexibility index (Phi) is 5.16. The Morgan fingerprint density at radius 1 is 1.52 bits per heavy atom. The van der Waals surface area contributed by atoms with Crippen LogP contribution in [-0.2, 0) is 17.9 Å². The summed E-state index contributed by atoms with van der Waals surface area (Å²) in [5.41, 5.74) is 0. The number of hydrogen-bond donors (Lipinski definition) is 1. The Morgan fingerprint density at radius 2 is 2.33 bits per heavy atom. The highest BCUT2D eigenvalue weighted by atomic mass is 16.3. The largest absolute Gasteiger partial charge is 0.464 e. The second-order valence-electron chi connectivity index (χ2n) is 5.27. The first-order chi connectivity index (χ1) is 10.0. The summed E-state index contributed by atoms with van der Waals surface area (Å²) in [7, 11) is 1.78. The third-order valence-corrected chi connectivity index (χ3v) is 3.24. The van der Waals surface area contributed by atoms with Crippen LogP contribution in [0.1, 0.15) is 18.4 Å². The molecule has 1 unspecified atom stereocenters. The van der Waals surface area contributed by atoms with Crippen LogP contribution in [0.4, 0.5) is 0 Å². The number of likely N-dealkylation sites (N-methyl/N-ethyl adjacent to an activating group) is 1. The zero-order valence-electron chi connectivity index (χ0n) is 12.7. The molecule has 0 saturated carbocycles. The van der Waals surface area contributed by atoms with Gasteiger partial charge in [-0.3, -0.25) is 9.48 Å². The van der Waals surface area contributed by atoms with Crippen molar-refractivity contribution in [2.24, 2.45) is 0 Å². The smallest absolute Gasteiger partial charge is 0.236 e. The van der Waals surface area contributed by atoms with Crippen LogP contribution < -0.4 is 5.32 Å². The first kappa shape index (κ1) is 15.3. The minimum absolute atomic E-state index is 0.0383. The summed E-state index contributed by atoms with van der Waals surface area (Å²) in [6.45, 7) is 5.45. The molecule has 0 saturated heterocycles. The van der Waals surface area contributed by atoms with Crippen molar-refractivity contribution in [3.63, 3.8) is 0 Å². The number of hydrogen-bond acceptors (Lipinski definition) is 4. The Labute approximate surface area is 124 Å². The fourth-order valence-electron chi connectivity index (χ4n) is 2.04. The fourth-order valence-corrected chi connectivity index (χ4v) is 2.04. The van der Waals surface area contributed by atoms with E-state index in [0.717, 1.165) is 18.1 Å². The lowest BCUT2D eigenvalue weighted by molar-refractivity contribution is -0.129. The van der Waals surface area contributed by atoms with Crippen molar-refractivity contribution >= 4 is 5.91 Å². The average Bonchev–Trinajstić information content (AvgIpc) is 3.08. The predicted octanol–water partition coefficient (Wildman–Crippen LogP) is 1.42. The van der Waals surface area contributed by atoms with Gasteiger partial charge in [0.05, 0.1) is 19.6 Å². The molecule has 0 aromatic carbocycles. The van der Waals surface area contributed by atoms with E-state index in [1.807, 2.05) is 42.9 Å². The molecule has 2 aromatic heterocycles. The number of carbonyl (C=O) groups excluding carboxylic acids is 1. The summed E-state index contributed by atoms with van der Waals surface area (Å²) in [5.74, 6) is 1.70. The summed E-state index contributed by atoms with van der Waals surface area (Å²) in [4.78, 5) is 13.7. The van der Waals surface area contributed by atoms with E-state index < -0.39 is 0 Å². The van der Waals surface area contributed by atoms with Gasteiger partial charge in [-0.15, -0.1) is 0 Å². The van der Waals surface area contributed by atoms with E-state index in [9.17, 15) is 4.79 Å². The molecule has 1 N–H and O–H groups in total. The molecule has 0 aliphatic rings. The van der Waals surface area contributed by atoms with Gasteiger partial charge in [-0.25, -0.2) is 0 Å². The number of rotatable bonds is 7. The molecule has 114 valence electrons. The zero-order chi connectivity index (χ0) is 15.2. The second-order valence-corrected chi connectivity index (χ2v) is 5.27. The molecule has 2 heterocycles. The van der Waals surface area contributed by atoms with Gasteiger partial charge in [0, 0.05) is 25.5 Å². The molecule has 0 radical (unpaired) electrons. The second kappa shape index (κ2) is 7.08. The fraction of sp³-hybridized carbons (Fsp3) is 0.467. The lowest BCUT2D eigenvalue weighted by atomic mass is 10.3. The van der Waals surface area contributed by atoms with Crippen molar-refractivity contribution in [3.05, 3.63) is 42.1 Å². The molecule has 6 heteroatoms. The van der Waals surface area contributed by atoms with Gasteiger partial charge < -0.3 is 14.6 Å². The van der Waals surface area contributed by atoms with E-state index in [0.29, 0.717) is 13.1 Å². The lowest BCUT2D eigenvalue weighted by Crippen LogP contribution is -2.40. The molecule has 6 nitrogen and oxygen atoms in total. The Morgan fingerprint density at radius 3 is 2.95 bits per heavy atom. The first-order valence-corrected chi connectivity index (χ1v) is 7.04. The first-order valence-electron chi connectivity index (χ1n) is 7.04. The van der Waals surface area contributed by atoms with E-state index in [2.05, 4.69) is 10.4 Å². The highest BCUT2D eigenvalue weighted by Gasteiger charge is 2.12. The van der Waals surface area contributed by atoms with Crippen LogP contribution in [0, 0.1) is 6.92 Å². The molecular formula is C15H22N4O2. The molecule has 0 fully saturated rings. The summed E-state index contributed by atoms with van der Waals surface area (Å²) >= 11 is 0. The minimum Gasteiger partial charge on any atom is -0.464 e. The van der Waals surface area contributed by atoms with E-state index in [1.54, 1.807) is 18.1 Å². The van der Waals surface area contributed by atoms with Crippen molar-refractivity contribution in [2.75, 3.05) is 13.6 Å². The molecule has 0 aliphatic heterocycles. The number of amides is 1. The number of nitrogens with zero attached hydrogens (tertiary/aromatic N) is 3. The van der Waals surface area contributed by atoms with E-state index in [4.69, 9.17) is 4.42 Å². The molecule has 1 atom stereocenters. The van der Waals surface area contributed by atoms with Gasteiger partial charge in [0.1, 0.15) is 11.5 Å². The maximum atomic E-state index is 12.1. The third kappa shape index (κ3) is 4.75. The number of aryl methyl sites for hydroxylation is 1. The van der Waals surface area contributed by atoms with Crippen LogP contribution in [0.15, 0.2) is 35.0 Å². The number of aromatic nitrogens is 2. The van der Waals surface area contributed by atoms with Crippen LogP contribution in [-0.4, -0.2) is 40.2 Å². The molecule has 2 rings (SSSR count). The standard InChI is InChI=1S/C15H22N4O2/c1-12(10-19-8-4-7-17-19)16-9-15(20)18(3)11-14-6-5-13(2)21-14/h4-8,12,16H,9-11H2,1-3H3. The Bertz CT molecular complexity index is 562. The van der Waals surface area contributed by atoms with Crippen molar-refractivity contribution < 1.29 is 9.21 Å². The molecule has 2 aromatic rings. The van der Waals surface area contributed by atoms with Crippen LogP contribution in [0.25, 0.3) is 0 Å². The minimum atomic E-state index is 0.0383. The average molecular weight is 290 g/mol. The molecule has 0 aliphatic carbocycles. The van der Waals surface area contributed by atoms with Crippen LogP contribution in [0.2, 0.25) is 0 Å². The van der Waals surface area contributed by atoms with Gasteiger partial charge in [-0.05, 0) is 32.0 Å². The van der Waals surface area contributed by atoms with Crippen molar-refractivity contribution in [1.82, 2.24) is 20.0 Å². The van der Waals surface area contributed by atoms with Gasteiger partial charge in [0.15, 0.2) is 0 Å². The molecule has 1 amide bonds. The normalized spacial score (nSPS) is 12.3. The van der Waals surface area contributed by atoms with Crippen LogP contribution >= 0.6 is 0 Å². The SMILES string of the molecule is Cc1ccc(CN(C)C(=O)CNC(C)Cn2cccn2)o1. The van der Waals surface area contributed by atoms with E-state index >= 15 is 0 Å². The van der Waals surface area contributed by atoms with Gasteiger partial charge in [0.2, 0.25) is 5.91 Å². The van der Waals surface area contributed by atoms with Crippen LogP contribution in [0.5, 0.6) is 0 Å². The topological polar surface area (TPSA) is 63.3 Å². The summed E-state index contributed by atoms with van der Waals surface area (Å²) in [5, 5.41) is 7.36. The van der Waals surface area contributed by atoms with Crippen molar-refractivity contribution in [2.45, 2.75) is 33.0 Å².